The van der Waals surface area contributed by atoms with Gasteiger partial charge in [-0.1, -0.05) is 13.0 Å². The normalized spacial score (nSPS) is 20.6. The predicted octanol–water partition coefficient (Wildman–Crippen LogP) is 0.646. The Morgan fingerprint density at radius 2 is 2.30 bits per heavy atom. The van der Waals surface area contributed by atoms with Gasteiger partial charge in [0.25, 0.3) is 10.2 Å². The van der Waals surface area contributed by atoms with Crippen LogP contribution in [0.25, 0.3) is 0 Å². The third-order valence-corrected chi connectivity index (χ3v) is 5.47. The lowest BCUT2D eigenvalue weighted by Gasteiger charge is -2.37. The van der Waals surface area contributed by atoms with Crippen LogP contribution in [0.2, 0.25) is 0 Å². The van der Waals surface area contributed by atoms with Crippen LogP contribution in [0, 0.1) is 0 Å². The third kappa shape index (κ3) is 3.48. The summed E-state index contributed by atoms with van der Waals surface area (Å²) < 4.78 is 27.9. The van der Waals surface area contributed by atoms with Gasteiger partial charge in [0.05, 0.1) is 6.04 Å². The molecule has 1 aromatic heterocycles. The lowest BCUT2D eigenvalue weighted by Crippen LogP contribution is -2.52. The first-order valence-electron chi connectivity index (χ1n) is 6.41. The molecule has 0 saturated carbocycles. The molecule has 114 valence electrons. The standard InChI is InChI=1S/C12H20N4O2S.ClH/c1-3-15(2)19(17,18)16-8-7-14-10-12(16)11-5-4-6-13-9-11;/h4-6,9,12,14H,3,7-8,10H2,1-2H3;1H. The Balaban J connectivity index is 0.00000200. The number of hydrogen-bond acceptors (Lipinski definition) is 4. The third-order valence-electron chi connectivity index (χ3n) is 3.40. The van der Waals surface area contributed by atoms with Crippen molar-refractivity contribution in [3.63, 3.8) is 0 Å². The number of nitrogens with zero attached hydrogens (tertiary/aromatic N) is 3. The molecule has 2 heterocycles. The first-order chi connectivity index (χ1) is 9.07. The Labute approximate surface area is 126 Å². The quantitative estimate of drug-likeness (QED) is 0.884. The van der Waals surface area contributed by atoms with Gasteiger partial charge < -0.3 is 5.32 Å². The molecule has 0 amide bonds. The molecular formula is C12H21ClN4O2S. The van der Waals surface area contributed by atoms with Gasteiger partial charge in [-0.2, -0.15) is 17.0 Å². The zero-order chi connectivity index (χ0) is 13.9. The summed E-state index contributed by atoms with van der Waals surface area (Å²) in [5, 5.41) is 3.24. The monoisotopic (exact) mass is 320 g/mol. The average Bonchev–Trinajstić information content (AvgIpc) is 2.47. The molecule has 0 bridgehead atoms. The molecule has 1 saturated heterocycles. The highest BCUT2D eigenvalue weighted by molar-refractivity contribution is 7.86. The van der Waals surface area contributed by atoms with Gasteiger partial charge in [-0.15, -0.1) is 12.4 Å². The molecule has 0 spiro atoms. The fourth-order valence-electron chi connectivity index (χ4n) is 2.16. The fourth-order valence-corrected chi connectivity index (χ4v) is 3.69. The molecule has 1 unspecified atom stereocenters. The maximum Gasteiger partial charge on any atom is 0.282 e. The van der Waals surface area contributed by atoms with Crippen LogP contribution < -0.4 is 5.32 Å². The van der Waals surface area contributed by atoms with Crippen molar-refractivity contribution in [2.75, 3.05) is 33.2 Å². The molecule has 20 heavy (non-hydrogen) atoms. The summed E-state index contributed by atoms with van der Waals surface area (Å²) in [5.74, 6) is 0. The Morgan fingerprint density at radius 1 is 1.55 bits per heavy atom. The molecule has 0 aliphatic carbocycles. The second kappa shape index (κ2) is 7.33. The Morgan fingerprint density at radius 3 is 2.90 bits per heavy atom. The highest BCUT2D eigenvalue weighted by Gasteiger charge is 2.35. The molecule has 8 heteroatoms. The topological polar surface area (TPSA) is 65.5 Å². The van der Waals surface area contributed by atoms with E-state index in [4.69, 9.17) is 0 Å². The van der Waals surface area contributed by atoms with Crippen molar-refractivity contribution < 1.29 is 8.42 Å². The lowest BCUT2D eigenvalue weighted by atomic mass is 10.1. The molecule has 1 atom stereocenters. The van der Waals surface area contributed by atoms with Crippen molar-refractivity contribution in [2.24, 2.45) is 0 Å². The number of aromatic nitrogens is 1. The molecule has 2 rings (SSSR count). The van der Waals surface area contributed by atoms with Crippen molar-refractivity contribution in [3.8, 4) is 0 Å². The highest BCUT2D eigenvalue weighted by Crippen LogP contribution is 2.25. The molecule has 6 nitrogen and oxygen atoms in total. The van der Waals surface area contributed by atoms with E-state index >= 15 is 0 Å². The largest absolute Gasteiger partial charge is 0.313 e. The number of pyridine rings is 1. The maximum absolute atomic E-state index is 12.5. The molecule has 0 radical (unpaired) electrons. The Hall–Kier alpha value is -0.730. The smallest absolute Gasteiger partial charge is 0.282 e. The van der Waals surface area contributed by atoms with E-state index in [0.717, 1.165) is 5.56 Å². The van der Waals surface area contributed by atoms with Crippen molar-refractivity contribution in [3.05, 3.63) is 30.1 Å². The van der Waals surface area contributed by atoms with Crippen LogP contribution in [0.4, 0.5) is 0 Å². The summed E-state index contributed by atoms with van der Waals surface area (Å²) in [4.78, 5) is 4.08. The number of nitrogens with one attached hydrogen (secondary N) is 1. The SMILES string of the molecule is CCN(C)S(=O)(=O)N1CCNCC1c1cccnc1.Cl. The Bertz CT molecular complexity index is 511. The number of hydrogen-bond donors (Lipinski definition) is 1. The summed E-state index contributed by atoms with van der Waals surface area (Å²) in [6.07, 6.45) is 3.42. The van der Waals surface area contributed by atoms with Gasteiger partial charge in [-0.05, 0) is 11.6 Å². The van der Waals surface area contributed by atoms with Crippen LogP contribution in [0.1, 0.15) is 18.5 Å². The van der Waals surface area contributed by atoms with E-state index < -0.39 is 10.2 Å². The lowest BCUT2D eigenvalue weighted by molar-refractivity contribution is 0.253. The summed E-state index contributed by atoms with van der Waals surface area (Å²) in [7, 11) is -1.80. The summed E-state index contributed by atoms with van der Waals surface area (Å²) in [5.41, 5.74) is 0.919. The van der Waals surface area contributed by atoms with Crippen molar-refractivity contribution in [2.45, 2.75) is 13.0 Å². The number of piperazine rings is 1. The molecule has 1 aliphatic heterocycles. The zero-order valence-corrected chi connectivity index (χ0v) is 13.3. The van der Waals surface area contributed by atoms with Gasteiger partial charge >= 0.3 is 0 Å². The van der Waals surface area contributed by atoms with E-state index in [0.29, 0.717) is 26.2 Å². The fraction of sp³-hybridized carbons (Fsp3) is 0.583. The van der Waals surface area contributed by atoms with Gasteiger partial charge in [0.15, 0.2) is 0 Å². The average molecular weight is 321 g/mol. The predicted molar refractivity (Wildman–Crippen MR) is 81.0 cm³/mol. The van der Waals surface area contributed by atoms with Crippen LogP contribution >= 0.6 is 12.4 Å². The van der Waals surface area contributed by atoms with Gasteiger partial charge in [-0.25, -0.2) is 0 Å². The van der Waals surface area contributed by atoms with E-state index in [1.165, 1.54) is 4.31 Å². The molecular weight excluding hydrogens is 300 g/mol. The van der Waals surface area contributed by atoms with Crippen molar-refractivity contribution in [1.82, 2.24) is 18.9 Å². The van der Waals surface area contributed by atoms with Gasteiger partial charge in [-0.3, -0.25) is 4.98 Å². The minimum atomic E-state index is -3.41. The minimum Gasteiger partial charge on any atom is -0.313 e. The summed E-state index contributed by atoms with van der Waals surface area (Å²) >= 11 is 0. The van der Waals surface area contributed by atoms with Crippen LogP contribution in [-0.2, 0) is 10.2 Å². The van der Waals surface area contributed by atoms with Crippen molar-refractivity contribution in [1.29, 1.82) is 0 Å². The maximum atomic E-state index is 12.5. The summed E-state index contributed by atoms with van der Waals surface area (Å²) in [6, 6.07) is 3.55. The minimum absolute atomic E-state index is 0. The summed E-state index contributed by atoms with van der Waals surface area (Å²) in [6.45, 7) is 4.06. The van der Waals surface area contributed by atoms with Crippen molar-refractivity contribution >= 4 is 22.6 Å². The first-order valence-corrected chi connectivity index (χ1v) is 7.80. The second-order valence-electron chi connectivity index (χ2n) is 4.54. The van der Waals surface area contributed by atoms with Gasteiger partial charge in [0, 0.05) is 45.6 Å². The van der Waals surface area contributed by atoms with Crippen LogP contribution in [0.3, 0.4) is 0 Å². The van der Waals surface area contributed by atoms with E-state index in [9.17, 15) is 8.42 Å². The molecule has 1 N–H and O–H groups in total. The molecule has 0 aromatic carbocycles. The van der Waals surface area contributed by atoms with Gasteiger partial charge in [0.2, 0.25) is 0 Å². The van der Waals surface area contributed by atoms with Crippen LogP contribution in [-0.4, -0.2) is 55.2 Å². The molecule has 1 aromatic rings. The van der Waals surface area contributed by atoms with E-state index in [2.05, 4.69) is 10.3 Å². The number of rotatable bonds is 4. The van der Waals surface area contributed by atoms with Crippen LogP contribution in [0.5, 0.6) is 0 Å². The van der Waals surface area contributed by atoms with E-state index in [1.54, 1.807) is 23.7 Å². The second-order valence-corrected chi connectivity index (χ2v) is 6.53. The zero-order valence-electron chi connectivity index (χ0n) is 11.7. The highest BCUT2D eigenvalue weighted by atomic mass is 35.5. The molecule has 1 aliphatic rings. The van der Waals surface area contributed by atoms with Crippen LogP contribution in [0.15, 0.2) is 24.5 Å². The van der Waals surface area contributed by atoms with Gasteiger partial charge in [0.1, 0.15) is 0 Å². The molecule has 1 fully saturated rings. The first kappa shape index (κ1) is 17.3. The number of halogens is 1. The van der Waals surface area contributed by atoms with E-state index in [1.807, 2.05) is 19.1 Å². The van der Waals surface area contributed by atoms with E-state index in [-0.39, 0.29) is 18.4 Å². The Kier molecular flexibility index (Phi) is 6.35.